The molecule has 0 heterocycles. The molecule has 0 aliphatic heterocycles. The Kier molecular flexibility index (Phi) is 11.3. The lowest BCUT2D eigenvalue weighted by atomic mass is 9.93. The van der Waals surface area contributed by atoms with E-state index in [2.05, 4.69) is 13.8 Å². The summed E-state index contributed by atoms with van der Waals surface area (Å²) in [5.41, 5.74) is 2.42. The zero-order chi connectivity index (χ0) is 39.1. The van der Waals surface area contributed by atoms with Crippen LogP contribution < -0.4 is 14.2 Å². The molecule has 5 nitrogen and oxygen atoms in total. The Labute approximate surface area is 333 Å². The number of hydrogen-bond acceptors (Lipinski definition) is 5. The Morgan fingerprint density at radius 1 is 0.404 bits per heavy atom. The summed E-state index contributed by atoms with van der Waals surface area (Å²) in [6.45, 7) is 5.54. The van der Waals surface area contributed by atoms with E-state index >= 15 is 0 Å². The summed E-state index contributed by atoms with van der Waals surface area (Å²) in [6, 6.07) is 46.8. The van der Waals surface area contributed by atoms with Gasteiger partial charge in [-0.05, 0) is 95.1 Å². The Balaban J connectivity index is 1.20. The molecule has 8 aromatic rings. The monoisotopic (exact) mass is 750 g/mol. The number of fused-ring (bicyclic) bond motifs is 4. The molecule has 5 heteroatoms. The second-order valence-electron chi connectivity index (χ2n) is 14.6. The third-order valence-electron chi connectivity index (χ3n) is 10.7. The second kappa shape index (κ2) is 17.1. The van der Waals surface area contributed by atoms with Crippen molar-refractivity contribution in [3.8, 4) is 23.0 Å². The summed E-state index contributed by atoms with van der Waals surface area (Å²) < 4.78 is 19.2. The van der Waals surface area contributed by atoms with Crippen molar-refractivity contribution >= 4 is 54.7 Å². The molecule has 0 saturated heterocycles. The molecule has 0 bridgehead atoms. The number of hydrogen-bond donors (Lipinski definition) is 0. The lowest BCUT2D eigenvalue weighted by molar-refractivity contribution is 0.103. The summed E-state index contributed by atoms with van der Waals surface area (Å²) >= 11 is 0. The van der Waals surface area contributed by atoms with Crippen LogP contribution in [-0.4, -0.2) is 24.8 Å². The van der Waals surface area contributed by atoms with Gasteiger partial charge in [0.1, 0.15) is 23.0 Å². The predicted molar refractivity (Wildman–Crippen MR) is 233 cm³/mol. The smallest absolute Gasteiger partial charge is 0.194 e. The van der Waals surface area contributed by atoms with Gasteiger partial charge in [0.2, 0.25) is 0 Å². The van der Waals surface area contributed by atoms with Gasteiger partial charge in [0.15, 0.2) is 11.6 Å². The van der Waals surface area contributed by atoms with E-state index in [-0.39, 0.29) is 11.6 Å². The summed E-state index contributed by atoms with van der Waals surface area (Å²) in [5.74, 6) is 2.45. The fourth-order valence-corrected chi connectivity index (χ4v) is 7.72. The van der Waals surface area contributed by atoms with Crippen molar-refractivity contribution in [1.82, 2.24) is 0 Å². The minimum Gasteiger partial charge on any atom is -0.493 e. The quantitative estimate of drug-likeness (QED) is 0.0727. The van der Waals surface area contributed by atoms with Crippen LogP contribution in [0.5, 0.6) is 23.0 Å². The van der Waals surface area contributed by atoms with Gasteiger partial charge in [-0.25, -0.2) is 0 Å². The maximum absolute atomic E-state index is 14.4. The summed E-state index contributed by atoms with van der Waals surface area (Å²) in [6.07, 6.45) is 6.28. The number of ether oxygens (including phenoxy) is 3. The van der Waals surface area contributed by atoms with E-state index in [1.807, 2.05) is 146 Å². The predicted octanol–water partition coefficient (Wildman–Crippen LogP) is 13.7. The Morgan fingerprint density at radius 3 is 1.28 bits per heavy atom. The molecule has 284 valence electrons. The van der Waals surface area contributed by atoms with Gasteiger partial charge in [-0.3, -0.25) is 9.59 Å². The highest BCUT2D eigenvalue weighted by Crippen LogP contribution is 2.38. The molecule has 57 heavy (non-hydrogen) atoms. The maximum Gasteiger partial charge on any atom is 0.194 e. The third-order valence-corrected chi connectivity index (χ3v) is 10.7. The van der Waals surface area contributed by atoms with Gasteiger partial charge in [-0.2, -0.15) is 0 Å². The standard InChI is InChI=1S/C52H46O5/c1-3-5-11-31-55-49-29-27-45(51(53)43-21-13-17-35-15-7-9-19-39(35)43)47-33-37(23-25-41(47)49)57-38-24-26-42-48(34-38)46(28-30-50(42)56-32-12-6-4-2)52(54)44-22-14-18-36-16-8-10-20-40(36)44/h7-10,13-30,33-34H,3-6,11-12,31-32H2,1-2H3. The van der Waals surface area contributed by atoms with Crippen molar-refractivity contribution in [3.63, 3.8) is 0 Å². The first-order valence-corrected chi connectivity index (χ1v) is 20.2. The first kappa shape index (κ1) is 37.5. The SMILES string of the molecule is CCCCCOc1ccc(C(=O)c2cccc3ccccc23)c2cc(Oc3ccc4c(OCCCCC)ccc(C(=O)c5cccc6ccccc56)c4c3)ccc12. The van der Waals surface area contributed by atoms with Crippen LogP contribution in [0.3, 0.4) is 0 Å². The number of rotatable bonds is 16. The highest BCUT2D eigenvalue weighted by atomic mass is 16.5. The lowest BCUT2D eigenvalue weighted by Crippen LogP contribution is -2.05. The molecule has 0 aliphatic rings. The molecule has 0 spiro atoms. The third kappa shape index (κ3) is 7.84. The molecular weight excluding hydrogens is 705 g/mol. The van der Waals surface area contributed by atoms with E-state index in [0.29, 0.717) is 47.0 Å². The van der Waals surface area contributed by atoms with Crippen LogP contribution in [-0.2, 0) is 0 Å². The fraction of sp³-hybridized carbons (Fsp3) is 0.192. The Morgan fingerprint density at radius 2 is 0.825 bits per heavy atom. The Hall–Kier alpha value is -6.46. The van der Waals surface area contributed by atoms with Crippen molar-refractivity contribution in [1.29, 1.82) is 0 Å². The summed E-state index contributed by atoms with van der Waals surface area (Å²) in [7, 11) is 0. The highest BCUT2D eigenvalue weighted by molar-refractivity contribution is 6.23. The van der Waals surface area contributed by atoms with Crippen LogP contribution in [0.4, 0.5) is 0 Å². The van der Waals surface area contributed by atoms with Crippen molar-refractivity contribution in [3.05, 3.63) is 168 Å². The molecule has 0 aliphatic carbocycles. The molecule has 0 saturated carbocycles. The zero-order valence-electron chi connectivity index (χ0n) is 32.6. The van der Waals surface area contributed by atoms with E-state index in [0.717, 1.165) is 93.1 Å². The van der Waals surface area contributed by atoms with E-state index < -0.39 is 0 Å². The molecule has 8 rings (SSSR count). The van der Waals surface area contributed by atoms with Crippen molar-refractivity contribution in [2.75, 3.05) is 13.2 Å². The Bertz CT molecular complexity index is 2550. The molecule has 0 amide bonds. The van der Waals surface area contributed by atoms with Crippen LogP contribution in [0, 0.1) is 0 Å². The first-order valence-electron chi connectivity index (χ1n) is 20.2. The van der Waals surface area contributed by atoms with Crippen LogP contribution >= 0.6 is 0 Å². The van der Waals surface area contributed by atoms with Gasteiger partial charge < -0.3 is 14.2 Å². The van der Waals surface area contributed by atoms with Crippen molar-refractivity contribution in [2.24, 2.45) is 0 Å². The van der Waals surface area contributed by atoms with Gasteiger partial charge in [0.05, 0.1) is 13.2 Å². The maximum atomic E-state index is 14.4. The number of carbonyl (C=O) groups excluding carboxylic acids is 2. The van der Waals surface area contributed by atoms with Gasteiger partial charge in [0.25, 0.3) is 0 Å². The van der Waals surface area contributed by atoms with E-state index in [1.54, 1.807) is 0 Å². The molecule has 0 fully saturated rings. The zero-order valence-corrected chi connectivity index (χ0v) is 32.6. The average molecular weight is 751 g/mol. The van der Waals surface area contributed by atoms with Gasteiger partial charge in [-0.1, -0.05) is 124 Å². The van der Waals surface area contributed by atoms with E-state index in [4.69, 9.17) is 14.2 Å². The molecule has 0 radical (unpaired) electrons. The van der Waals surface area contributed by atoms with Gasteiger partial charge in [0, 0.05) is 43.8 Å². The van der Waals surface area contributed by atoms with Crippen molar-refractivity contribution < 1.29 is 23.8 Å². The topological polar surface area (TPSA) is 61.8 Å². The lowest BCUT2D eigenvalue weighted by Gasteiger charge is -2.16. The molecule has 8 aromatic carbocycles. The minimum atomic E-state index is -0.0692. The van der Waals surface area contributed by atoms with E-state index in [1.165, 1.54) is 0 Å². The highest BCUT2D eigenvalue weighted by Gasteiger charge is 2.20. The molecule has 0 N–H and O–H groups in total. The van der Waals surface area contributed by atoms with Crippen molar-refractivity contribution in [2.45, 2.75) is 52.4 Å². The summed E-state index contributed by atoms with van der Waals surface area (Å²) in [4.78, 5) is 28.8. The molecule has 0 aromatic heterocycles. The van der Waals surface area contributed by atoms with Gasteiger partial charge in [-0.15, -0.1) is 0 Å². The molecule has 0 atom stereocenters. The second-order valence-corrected chi connectivity index (χ2v) is 14.6. The van der Waals surface area contributed by atoms with E-state index in [9.17, 15) is 9.59 Å². The largest absolute Gasteiger partial charge is 0.493 e. The fourth-order valence-electron chi connectivity index (χ4n) is 7.72. The number of unbranched alkanes of at least 4 members (excludes halogenated alkanes) is 4. The number of carbonyl (C=O) groups is 2. The van der Waals surface area contributed by atoms with Crippen LogP contribution in [0.1, 0.15) is 84.2 Å². The van der Waals surface area contributed by atoms with Crippen LogP contribution in [0.25, 0.3) is 43.1 Å². The number of ketones is 2. The first-order chi connectivity index (χ1) is 28.0. The molecule has 0 unspecified atom stereocenters. The molecular formula is C52H46O5. The average Bonchev–Trinajstić information content (AvgIpc) is 3.25. The normalized spacial score (nSPS) is 11.3. The number of benzene rings is 8. The van der Waals surface area contributed by atoms with Gasteiger partial charge >= 0.3 is 0 Å². The van der Waals surface area contributed by atoms with Crippen LogP contribution in [0.15, 0.2) is 146 Å². The minimum absolute atomic E-state index is 0.0692. The van der Waals surface area contributed by atoms with Crippen LogP contribution in [0.2, 0.25) is 0 Å². The summed E-state index contributed by atoms with van der Waals surface area (Å²) in [5, 5.41) is 7.01.